The number of thiazole rings is 1. The molecule has 1 aromatic heterocycles. The third-order valence-electron chi connectivity index (χ3n) is 3.49. The fraction of sp³-hybridized carbons (Fsp3) is 0.400. The molecule has 4 nitrogen and oxygen atoms in total. The molecular weight excluding hydrogens is 272 g/mol. The van der Waals surface area contributed by atoms with Gasteiger partial charge in [0.2, 0.25) is 0 Å². The molecule has 2 atom stereocenters. The number of aliphatic hydroxyl groups is 1. The summed E-state index contributed by atoms with van der Waals surface area (Å²) in [6.07, 6.45) is 1.39. The van der Waals surface area contributed by atoms with Crippen LogP contribution in [0.5, 0.6) is 0 Å². The van der Waals surface area contributed by atoms with Crippen molar-refractivity contribution in [2.24, 2.45) is 0 Å². The van der Waals surface area contributed by atoms with E-state index in [0.717, 1.165) is 23.7 Å². The van der Waals surface area contributed by atoms with E-state index in [1.54, 1.807) is 17.5 Å². The Bertz CT molecular complexity index is 518. The van der Waals surface area contributed by atoms with Crippen molar-refractivity contribution in [3.8, 4) is 0 Å². The average Bonchev–Trinajstić information content (AvgIpc) is 3.03. The maximum absolute atomic E-state index is 10.3. The Labute approximate surface area is 122 Å². The number of hydrogen-bond donors (Lipinski definition) is 1. The molecule has 1 aliphatic rings. The quantitative estimate of drug-likeness (QED) is 0.938. The topological polar surface area (TPSA) is 45.6 Å². The van der Waals surface area contributed by atoms with Crippen molar-refractivity contribution in [2.45, 2.75) is 12.2 Å². The van der Waals surface area contributed by atoms with Crippen LogP contribution in [0.3, 0.4) is 0 Å². The molecular formula is C15H18N2O2S. The average molecular weight is 290 g/mol. The van der Waals surface area contributed by atoms with Crippen molar-refractivity contribution < 1.29 is 9.84 Å². The Morgan fingerprint density at radius 3 is 3.00 bits per heavy atom. The van der Waals surface area contributed by atoms with E-state index in [-0.39, 0.29) is 6.10 Å². The summed E-state index contributed by atoms with van der Waals surface area (Å²) in [6.45, 7) is 2.96. The van der Waals surface area contributed by atoms with Crippen LogP contribution in [0.25, 0.3) is 0 Å². The monoisotopic (exact) mass is 290 g/mol. The van der Waals surface area contributed by atoms with Gasteiger partial charge in [-0.2, -0.15) is 0 Å². The maximum Gasteiger partial charge on any atom is 0.123 e. The summed E-state index contributed by atoms with van der Waals surface area (Å²) in [4.78, 5) is 6.56. The molecule has 1 aromatic carbocycles. The lowest BCUT2D eigenvalue weighted by Gasteiger charge is -2.33. The van der Waals surface area contributed by atoms with Gasteiger partial charge in [-0.25, -0.2) is 4.98 Å². The number of ether oxygens (including phenoxy) is 1. The number of aliphatic hydroxyl groups excluding tert-OH is 1. The Hall–Kier alpha value is -1.27. The first-order valence-corrected chi connectivity index (χ1v) is 7.67. The lowest BCUT2D eigenvalue weighted by Crippen LogP contribution is -2.40. The first-order chi connectivity index (χ1) is 9.83. The highest BCUT2D eigenvalue weighted by Crippen LogP contribution is 2.25. The van der Waals surface area contributed by atoms with E-state index < -0.39 is 6.10 Å². The maximum atomic E-state index is 10.3. The molecule has 1 fully saturated rings. The number of nitrogens with zero attached hydrogens (tertiary/aromatic N) is 2. The molecule has 2 heterocycles. The number of β-amino-alcohol motifs (C(OH)–C–C–N with tert-alkyl or cyclic N) is 1. The third kappa shape index (κ3) is 3.24. The Balaban J connectivity index is 1.60. The summed E-state index contributed by atoms with van der Waals surface area (Å²) in [5.41, 5.74) is 0.963. The largest absolute Gasteiger partial charge is 0.387 e. The highest BCUT2D eigenvalue weighted by atomic mass is 32.1. The lowest BCUT2D eigenvalue weighted by atomic mass is 10.1. The van der Waals surface area contributed by atoms with Crippen LogP contribution in [-0.4, -0.2) is 41.2 Å². The predicted molar refractivity (Wildman–Crippen MR) is 78.6 cm³/mol. The SMILES string of the molecule is O[C@@H](CN1CCO[C@@H](c2nccs2)C1)c1ccccc1. The highest BCUT2D eigenvalue weighted by Gasteiger charge is 2.25. The van der Waals surface area contributed by atoms with Crippen molar-refractivity contribution in [3.63, 3.8) is 0 Å². The van der Waals surface area contributed by atoms with Gasteiger partial charge in [0.25, 0.3) is 0 Å². The van der Waals surface area contributed by atoms with Crippen molar-refractivity contribution >= 4 is 11.3 Å². The third-order valence-corrected chi connectivity index (χ3v) is 4.36. The Morgan fingerprint density at radius 1 is 1.40 bits per heavy atom. The molecule has 0 radical (unpaired) electrons. The fourth-order valence-corrected chi connectivity index (χ4v) is 3.11. The van der Waals surface area contributed by atoms with Crippen molar-refractivity contribution in [1.82, 2.24) is 9.88 Å². The summed E-state index contributed by atoms with van der Waals surface area (Å²) in [5, 5.41) is 13.3. The van der Waals surface area contributed by atoms with Crippen LogP contribution < -0.4 is 0 Å². The standard InChI is InChI=1S/C15H18N2O2S/c18-13(12-4-2-1-3-5-12)10-17-7-8-19-14(11-17)15-16-6-9-20-15/h1-6,9,13-14,18H,7-8,10-11H2/t13-,14+/m0/s1. The second-order valence-corrected chi connectivity index (χ2v) is 5.84. The van der Waals surface area contributed by atoms with Crippen LogP contribution in [0.15, 0.2) is 41.9 Å². The van der Waals surface area contributed by atoms with E-state index in [0.29, 0.717) is 13.2 Å². The molecule has 3 rings (SSSR count). The first kappa shape index (κ1) is 13.7. The van der Waals surface area contributed by atoms with E-state index in [1.165, 1.54) is 0 Å². The molecule has 0 unspecified atom stereocenters. The van der Waals surface area contributed by atoms with E-state index in [2.05, 4.69) is 9.88 Å². The Morgan fingerprint density at radius 2 is 2.25 bits per heavy atom. The van der Waals surface area contributed by atoms with E-state index in [9.17, 15) is 5.11 Å². The van der Waals surface area contributed by atoms with Crippen LogP contribution in [0.4, 0.5) is 0 Å². The normalized spacial score (nSPS) is 21.8. The number of morpholine rings is 1. The Kier molecular flexibility index (Phi) is 4.42. The van der Waals surface area contributed by atoms with Crippen LogP contribution in [-0.2, 0) is 4.74 Å². The predicted octanol–water partition coefficient (Wildman–Crippen LogP) is 2.25. The molecule has 1 saturated heterocycles. The van der Waals surface area contributed by atoms with Gasteiger partial charge in [0, 0.05) is 31.2 Å². The summed E-state index contributed by atoms with van der Waals surface area (Å²) in [6, 6.07) is 9.79. The number of hydrogen-bond acceptors (Lipinski definition) is 5. The minimum Gasteiger partial charge on any atom is -0.387 e. The second kappa shape index (κ2) is 6.45. The van der Waals surface area contributed by atoms with E-state index in [1.807, 2.05) is 35.7 Å². The van der Waals surface area contributed by atoms with Gasteiger partial charge >= 0.3 is 0 Å². The van der Waals surface area contributed by atoms with Gasteiger partial charge < -0.3 is 9.84 Å². The van der Waals surface area contributed by atoms with Gasteiger partial charge in [-0.05, 0) is 5.56 Å². The van der Waals surface area contributed by atoms with Gasteiger partial charge in [0.05, 0.1) is 12.7 Å². The second-order valence-electron chi connectivity index (χ2n) is 4.92. The molecule has 0 spiro atoms. The molecule has 0 saturated carbocycles. The molecule has 1 aliphatic heterocycles. The van der Waals surface area contributed by atoms with Gasteiger partial charge in [0.1, 0.15) is 11.1 Å². The molecule has 0 amide bonds. The van der Waals surface area contributed by atoms with Crippen molar-refractivity contribution in [2.75, 3.05) is 26.2 Å². The first-order valence-electron chi connectivity index (χ1n) is 6.79. The van der Waals surface area contributed by atoms with Gasteiger partial charge in [-0.1, -0.05) is 30.3 Å². The molecule has 0 bridgehead atoms. The fourth-order valence-electron chi connectivity index (χ4n) is 2.44. The van der Waals surface area contributed by atoms with Crippen LogP contribution in [0.1, 0.15) is 22.8 Å². The molecule has 106 valence electrons. The molecule has 2 aromatic rings. The van der Waals surface area contributed by atoms with Crippen LogP contribution in [0, 0.1) is 0 Å². The van der Waals surface area contributed by atoms with Crippen LogP contribution >= 0.6 is 11.3 Å². The lowest BCUT2D eigenvalue weighted by molar-refractivity contribution is -0.0424. The van der Waals surface area contributed by atoms with Crippen molar-refractivity contribution in [1.29, 1.82) is 0 Å². The summed E-state index contributed by atoms with van der Waals surface area (Å²) in [7, 11) is 0. The van der Waals surface area contributed by atoms with E-state index >= 15 is 0 Å². The van der Waals surface area contributed by atoms with Gasteiger partial charge in [-0.15, -0.1) is 11.3 Å². The number of aromatic nitrogens is 1. The number of rotatable bonds is 4. The molecule has 20 heavy (non-hydrogen) atoms. The minimum atomic E-state index is -0.453. The highest BCUT2D eigenvalue weighted by molar-refractivity contribution is 7.09. The summed E-state index contributed by atoms with van der Waals surface area (Å²) in [5.74, 6) is 0. The van der Waals surface area contributed by atoms with Gasteiger partial charge in [0.15, 0.2) is 0 Å². The number of benzene rings is 1. The zero-order valence-electron chi connectivity index (χ0n) is 11.2. The molecule has 1 N–H and O–H groups in total. The van der Waals surface area contributed by atoms with E-state index in [4.69, 9.17) is 4.74 Å². The van der Waals surface area contributed by atoms with Crippen molar-refractivity contribution in [3.05, 3.63) is 52.5 Å². The smallest absolute Gasteiger partial charge is 0.123 e. The summed E-state index contributed by atoms with van der Waals surface area (Å²) < 4.78 is 5.76. The van der Waals surface area contributed by atoms with Gasteiger partial charge in [-0.3, -0.25) is 4.90 Å². The van der Waals surface area contributed by atoms with Crippen LogP contribution in [0.2, 0.25) is 0 Å². The zero-order chi connectivity index (χ0) is 13.8. The molecule has 5 heteroatoms. The zero-order valence-corrected chi connectivity index (χ0v) is 12.0. The summed E-state index contributed by atoms with van der Waals surface area (Å²) >= 11 is 1.62. The minimum absolute atomic E-state index is 0.0340. The molecule has 0 aliphatic carbocycles.